The van der Waals surface area contributed by atoms with Gasteiger partial charge < -0.3 is 10.4 Å². The molecule has 0 fully saturated rings. The van der Waals surface area contributed by atoms with Crippen molar-refractivity contribution < 1.29 is 5.11 Å². The number of nitriles is 1. The smallest absolute Gasteiger partial charge is 0.0991 e. The van der Waals surface area contributed by atoms with E-state index in [9.17, 15) is 0 Å². The van der Waals surface area contributed by atoms with Crippen molar-refractivity contribution in [3.63, 3.8) is 0 Å². The molecule has 0 radical (unpaired) electrons. The molecule has 1 aromatic carbocycles. The number of hydrogen-bond donors (Lipinski definition) is 2. The molecule has 0 amide bonds. The van der Waals surface area contributed by atoms with Crippen molar-refractivity contribution in [1.29, 1.82) is 5.26 Å². The molecule has 0 aliphatic rings. The highest BCUT2D eigenvalue weighted by atomic mass is 16.2. The summed E-state index contributed by atoms with van der Waals surface area (Å²) in [6.45, 7) is 3.17. The maximum Gasteiger partial charge on any atom is 0.0991 e. The van der Waals surface area contributed by atoms with Crippen LogP contribution in [0.1, 0.15) is 30.9 Å². The highest BCUT2D eigenvalue weighted by Crippen LogP contribution is 2.04. The van der Waals surface area contributed by atoms with Gasteiger partial charge in [-0.1, -0.05) is 12.1 Å². The van der Waals surface area contributed by atoms with E-state index in [0.29, 0.717) is 11.6 Å². The van der Waals surface area contributed by atoms with Crippen LogP contribution in [0, 0.1) is 11.3 Å². The first-order valence-electron chi connectivity index (χ1n) is 5.59. The molecule has 0 aromatic heterocycles. The second-order valence-electron chi connectivity index (χ2n) is 3.96. The molecule has 0 saturated carbocycles. The predicted octanol–water partition coefficient (Wildman–Crippen LogP) is 1.81. The van der Waals surface area contributed by atoms with Crippen LogP contribution in [-0.2, 0) is 6.54 Å². The molecular formula is C13H18N2O. The summed E-state index contributed by atoms with van der Waals surface area (Å²) < 4.78 is 0. The summed E-state index contributed by atoms with van der Waals surface area (Å²) in [5, 5.41) is 20.7. The first-order valence-corrected chi connectivity index (χ1v) is 5.59. The van der Waals surface area contributed by atoms with Gasteiger partial charge in [-0.05, 0) is 37.5 Å². The average molecular weight is 218 g/mol. The molecule has 0 aliphatic heterocycles. The zero-order chi connectivity index (χ0) is 11.8. The molecular weight excluding hydrogens is 200 g/mol. The van der Waals surface area contributed by atoms with Crippen molar-refractivity contribution in [3.05, 3.63) is 35.4 Å². The van der Waals surface area contributed by atoms with E-state index in [0.717, 1.165) is 19.4 Å². The minimum absolute atomic E-state index is 0.253. The van der Waals surface area contributed by atoms with Crippen LogP contribution in [0.15, 0.2) is 24.3 Å². The lowest BCUT2D eigenvalue weighted by Crippen LogP contribution is -2.25. The Morgan fingerprint density at radius 2 is 2.06 bits per heavy atom. The van der Waals surface area contributed by atoms with E-state index in [1.807, 2.05) is 24.3 Å². The van der Waals surface area contributed by atoms with Crippen LogP contribution in [0.25, 0.3) is 0 Å². The van der Waals surface area contributed by atoms with Crippen molar-refractivity contribution in [2.45, 2.75) is 32.4 Å². The number of aliphatic hydroxyl groups is 1. The van der Waals surface area contributed by atoms with Crippen LogP contribution in [0.3, 0.4) is 0 Å². The molecule has 1 rings (SSSR count). The Balaban J connectivity index is 2.34. The second-order valence-corrected chi connectivity index (χ2v) is 3.96. The Bertz CT molecular complexity index is 340. The minimum atomic E-state index is 0.253. The molecule has 86 valence electrons. The van der Waals surface area contributed by atoms with Gasteiger partial charge in [0, 0.05) is 19.2 Å². The Morgan fingerprint density at radius 1 is 1.38 bits per heavy atom. The Morgan fingerprint density at radius 3 is 2.62 bits per heavy atom. The number of hydrogen-bond acceptors (Lipinski definition) is 3. The van der Waals surface area contributed by atoms with E-state index in [2.05, 4.69) is 18.3 Å². The van der Waals surface area contributed by atoms with Gasteiger partial charge >= 0.3 is 0 Å². The van der Waals surface area contributed by atoms with E-state index in [1.165, 1.54) is 5.56 Å². The van der Waals surface area contributed by atoms with Gasteiger partial charge in [0.15, 0.2) is 0 Å². The summed E-state index contributed by atoms with van der Waals surface area (Å²) in [7, 11) is 0. The zero-order valence-corrected chi connectivity index (χ0v) is 9.61. The lowest BCUT2D eigenvalue weighted by molar-refractivity contribution is 0.276. The minimum Gasteiger partial charge on any atom is -0.396 e. The van der Waals surface area contributed by atoms with Gasteiger partial charge in [-0.15, -0.1) is 0 Å². The lowest BCUT2D eigenvalue weighted by atomic mass is 10.1. The molecule has 1 atom stereocenters. The average Bonchev–Trinajstić information content (AvgIpc) is 2.34. The number of benzene rings is 1. The molecule has 3 nitrogen and oxygen atoms in total. The molecule has 2 N–H and O–H groups in total. The summed E-state index contributed by atoms with van der Waals surface area (Å²) in [5.41, 5.74) is 1.87. The van der Waals surface area contributed by atoms with Gasteiger partial charge in [-0.2, -0.15) is 5.26 Å². The molecule has 0 aliphatic carbocycles. The first-order chi connectivity index (χ1) is 7.76. The molecule has 0 heterocycles. The number of rotatable bonds is 6. The van der Waals surface area contributed by atoms with Crippen molar-refractivity contribution in [2.75, 3.05) is 6.61 Å². The van der Waals surface area contributed by atoms with Crippen molar-refractivity contribution >= 4 is 0 Å². The maximum atomic E-state index is 8.70. The van der Waals surface area contributed by atoms with Gasteiger partial charge in [-0.3, -0.25) is 0 Å². The van der Waals surface area contributed by atoms with Crippen LogP contribution in [0.4, 0.5) is 0 Å². The van der Waals surface area contributed by atoms with E-state index in [4.69, 9.17) is 10.4 Å². The summed E-state index contributed by atoms with van der Waals surface area (Å²) in [6, 6.07) is 10.1. The number of aliphatic hydroxyl groups excluding tert-OH is 1. The Labute approximate surface area is 96.7 Å². The third kappa shape index (κ3) is 4.43. The Kier molecular flexibility index (Phi) is 5.55. The standard InChI is InChI=1S/C13H18N2O/c1-11(3-2-8-16)15-10-13-6-4-12(9-14)5-7-13/h4-7,11,15-16H,2-3,8,10H2,1H3. The van der Waals surface area contributed by atoms with Crippen LogP contribution >= 0.6 is 0 Å². The van der Waals surface area contributed by atoms with E-state index >= 15 is 0 Å². The van der Waals surface area contributed by atoms with Crippen LogP contribution in [0.5, 0.6) is 0 Å². The normalized spacial score (nSPS) is 12.1. The second kappa shape index (κ2) is 7.00. The fraction of sp³-hybridized carbons (Fsp3) is 0.462. The lowest BCUT2D eigenvalue weighted by Gasteiger charge is -2.12. The highest BCUT2D eigenvalue weighted by Gasteiger charge is 2.00. The van der Waals surface area contributed by atoms with Crippen molar-refractivity contribution in [1.82, 2.24) is 5.32 Å². The molecule has 0 saturated heterocycles. The van der Waals surface area contributed by atoms with Gasteiger partial charge in [0.1, 0.15) is 0 Å². The highest BCUT2D eigenvalue weighted by molar-refractivity contribution is 5.31. The Hall–Kier alpha value is -1.37. The van der Waals surface area contributed by atoms with Gasteiger partial charge in [0.05, 0.1) is 11.6 Å². The molecule has 3 heteroatoms. The largest absolute Gasteiger partial charge is 0.396 e. The topological polar surface area (TPSA) is 56.0 Å². The summed E-state index contributed by atoms with van der Waals surface area (Å²) >= 11 is 0. The third-order valence-electron chi connectivity index (χ3n) is 2.53. The van der Waals surface area contributed by atoms with Gasteiger partial charge in [0.25, 0.3) is 0 Å². The monoisotopic (exact) mass is 218 g/mol. The number of nitrogens with one attached hydrogen (secondary N) is 1. The molecule has 0 spiro atoms. The maximum absolute atomic E-state index is 8.70. The van der Waals surface area contributed by atoms with Crippen molar-refractivity contribution in [3.8, 4) is 6.07 Å². The fourth-order valence-electron chi connectivity index (χ4n) is 1.49. The van der Waals surface area contributed by atoms with Crippen LogP contribution in [-0.4, -0.2) is 17.8 Å². The fourth-order valence-corrected chi connectivity index (χ4v) is 1.49. The van der Waals surface area contributed by atoms with E-state index < -0.39 is 0 Å². The SMILES string of the molecule is CC(CCCO)NCc1ccc(C#N)cc1. The van der Waals surface area contributed by atoms with Gasteiger partial charge in [-0.25, -0.2) is 0 Å². The summed E-state index contributed by atoms with van der Waals surface area (Å²) in [6.07, 6.45) is 1.81. The first kappa shape index (κ1) is 12.7. The molecule has 0 bridgehead atoms. The van der Waals surface area contributed by atoms with Crippen LogP contribution in [0.2, 0.25) is 0 Å². The van der Waals surface area contributed by atoms with E-state index in [1.54, 1.807) is 0 Å². The van der Waals surface area contributed by atoms with Crippen LogP contribution < -0.4 is 5.32 Å². The van der Waals surface area contributed by atoms with Gasteiger partial charge in [0.2, 0.25) is 0 Å². The third-order valence-corrected chi connectivity index (χ3v) is 2.53. The quantitative estimate of drug-likeness (QED) is 0.765. The summed E-state index contributed by atoms with van der Waals surface area (Å²) in [5.74, 6) is 0. The zero-order valence-electron chi connectivity index (χ0n) is 9.61. The van der Waals surface area contributed by atoms with E-state index in [-0.39, 0.29) is 6.61 Å². The van der Waals surface area contributed by atoms with Crippen molar-refractivity contribution in [2.24, 2.45) is 0 Å². The number of nitrogens with zero attached hydrogens (tertiary/aromatic N) is 1. The predicted molar refractivity (Wildman–Crippen MR) is 63.8 cm³/mol. The summed E-state index contributed by atoms with van der Waals surface area (Å²) in [4.78, 5) is 0. The molecule has 1 unspecified atom stereocenters. The molecule has 1 aromatic rings. The molecule has 16 heavy (non-hydrogen) atoms.